The quantitative estimate of drug-likeness (QED) is 0.389. The first-order valence-electron chi connectivity index (χ1n) is 9.69. The molecule has 172 valence electrons. The van der Waals surface area contributed by atoms with Crippen molar-refractivity contribution in [2.45, 2.75) is 91.3 Å². The van der Waals surface area contributed by atoms with E-state index in [4.69, 9.17) is 19.7 Å². The van der Waals surface area contributed by atoms with Gasteiger partial charge in [-0.2, -0.15) is 0 Å². The van der Waals surface area contributed by atoms with Gasteiger partial charge in [0.25, 0.3) is 0 Å². The Balaban J connectivity index is 0. The predicted molar refractivity (Wildman–Crippen MR) is 105 cm³/mol. The predicted octanol–water partition coefficient (Wildman–Crippen LogP) is 2.30. The van der Waals surface area contributed by atoms with Crippen LogP contribution < -0.4 is 0 Å². The lowest BCUT2D eigenvalue weighted by Crippen LogP contribution is -2.15. The number of carbonyl (C=O) groups is 6. The third-order valence-electron chi connectivity index (χ3n) is 3.19. The normalized spacial score (nSPS) is 10.1. The van der Waals surface area contributed by atoms with Gasteiger partial charge in [0.05, 0.1) is 37.9 Å². The summed E-state index contributed by atoms with van der Waals surface area (Å²) in [6, 6.07) is 0. The zero-order chi connectivity index (χ0) is 23.7. The molecule has 0 rings (SSSR count). The fourth-order valence-electron chi connectivity index (χ4n) is 1.87. The Morgan fingerprint density at radius 1 is 0.533 bits per heavy atom. The number of aliphatic carboxylic acids is 2. The van der Waals surface area contributed by atoms with Crippen molar-refractivity contribution in [2.24, 2.45) is 0 Å². The highest BCUT2D eigenvalue weighted by atomic mass is 16.5. The number of esters is 2. The molecule has 0 spiro atoms. The summed E-state index contributed by atoms with van der Waals surface area (Å²) in [5, 5.41) is 16.3. The maximum Gasteiger partial charge on any atom is 0.306 e. The van der Waals surface area contributed by atoms with E-state index in [2.05, 4.69) is 0 Å². The molecule has 0 aromatic rings. The van der Waals surface area contributed by atoms with E-state index >= 15 is 0 Å². The molecule has 0 fully saturated rings. The van der Waals surface area contributed by atoms with E-state index in [0.29, 0.717) is 0 Å². The Morgan fingerprint density at radius 3 is 1.03 bits per heavy atom. The topological polar surface area (TPSA) is 161 Å². The third-order valence-corrected chi connectivity index (χ3v) is 3.19. The molecule has 10 nitrogen and oxygen atoms in total. The standard InChI is InChI=1S/C13H22O5.C7H10O5/c1-9(2)17-12(15)7-5-11(14)6-8-13(16)18-10(3)4;8-5(1-3-6(9)10)2-4-7(11)12/h9-10H,5-8H2,1-4H3;1-4H2,(H,9,10)(H,11,12). The van der Waals surface area contributed by atoms with Crippen molar-refractivity contribution < 1.29 is 48.5 Å². The first kappa shape index (κ1) is 29.4. The molecule has 0 aliphatic heterocycles. The molecule has 0 aliphatic carbocycles. The number of carboxylic acids is 2. The highest BCUT2D eigenvalue weighted by molar-refractivity contribution is 5.86. The highest BCUT2D eigenvalue weighted by Gasteiger charge is 2.12. The van der Waals surface area contributed by atoms with Crippen molar-refractivity contribution in [1.29, 1.82) is 0 Å². The molecule has 0 unspecified atom stereocenters. The van der Waals surface area contributed by atoms with Crippen LogP contribution in [0.15, 0.2) is 0 Å². The Labute approximate surface area is 175 Å². The summed E-state index contributed by atoms with van der Waals surface area (Å²) in [6.07, 6.45) is -0.599. The Hall–Kier alpha value is -2.78. The van der Waals surface area contributed by atoms with Crippen molar-refractivity contribution >= 4 is 35.4 Å². The van der Waals surface area contributed by atoms with E-state index < -0.39 is 11.9 Å². The van der Waals surface area contributed by atoms with E-state index in [1.54, 1.807) is 27.7 Å². The molecule has 0 amide bonds. The molecule has 0 aromatic carbocycles. The number of Topliss-reactive ketones (excluding diaryl/α,β-unsaturated/α-hetero) is 2. The summed E-state index contributed by atoms with van der Waals surface area (Å²) in [4.78, 5) is 64.4. The monoisotopic (exact) mass is 432 g/mol. The maximum atomic E-state index is 11.4. The zero-order valence-electron chi connectivity index (χ0n) is 18.0. The molecule has 0 saturated heterocycles. The van der Waals surface area contributed by atoms with Gasteiger partial charge in [-0.25, -0.2) is 0 Å². The van der Waals surface area contributed by atoms with Crippen molar-refractivity contribution in [3.8, 4) is 0 Å². The minimum atomic E-state index is -1.04. The average molecular weight is 432 g/mol. The third kappa shape index (κ3) is 23.3. The van der Waals surface area contributed by atoms with Gasteiger partial charge < -0.3 is 19.7 Å². The van der Waals surface area contributed by atoms with Gasteiger partial charge >= 0.3 is 23.9 Å². The molecule has 0 radical (unpaired) electrons. The van der Waals surface area contributed by atoms with E-state index in [9.17, 15) is 28.8 Å². The molecule has 0 aromatic heterocycles. The molecular weight excluding hydrogens is 400 g/mol. The van der Waals surface area contributed by atoms with Crippen LogP contribution in [0.2, 0.25) is 0 Å². The molecular formula is C20H32O10. The summed E-state index contributed by atoms with van der Waals surface area (Å²) < 4.78 is 9.79. The van der Waals surface area contributed by atoms with E-state index in [1.807, 2.05) is 0 Å². The second-order valence-electron chi connectivity index (χ2n) is 6.94. The molecule has 2 N–H and O–H groups in total. The summed E-state index contributed by atoms with van der Waals surface area (Å²) in [6.45, 7) is 7.01. The van der Waals surface area contributed by atoms with Crippen LogP contribution in [-0.4, -0.2) is 57.9 Å². The fourth-order valence-corrected chi connectivity index (χ4v) is 1.87. The number of ether oxygens (including phenoxy) is 2. The van der Waals surface area contributed by atoms with Gasteiger partial charge in [-0.15, -0.1) is 0 Å². The number of ketones is 2. The van der Waals surface area contributed by atoms with Gasteiger partial charge in [0.15, 0.2) is 0 Å². The van der Waals surface area contributed by atoms with Crippen LogP contribution in [0.1, 0.15) is 79.1 Å². The lowest BCUT2D eigenvalue weighted by Gasteiger charge is -2.08. The van der Waals surface area contributed by atoms with Crippen LogP contribution in [0.5, 0.6) is 0 Å². The molecule has 0 saturated carbocycles. The number of carbonyl (C=O) groups excluding carboxylic acids is 4. The van der Waals surface area contributed by atoms with Gasteiger partial charge in [0.2, 0.25) is 0 Å². The van der Waals surface area contributed by atoms with E-state index in [-0.39, 0.29) is 87.1 Å². The van der Waals surface area contributed by atoms with E-state index in [0.717, 1.165) is 0 Å². The fraction of sp³-hybridized carbons (Fsp3) is 0.700. The van der Waals surface area contributed by atoms with Crippen LogP contribution in [0.4, 0.5) is 0 Å². The first-order chi connectivity index (χ1) is 13.8. The molecule has 0 heterocycles. The largest absolute Gasteiger partial charge is 0.481 e. The highest BCUT2D eigenvalue weighted by Crippen LogP contribution is 2.04. The van der Waals surface area contributed by atoms with Crippen LogP contribution in [-0.2, 0) is 38.2 Å². The Morgan fingerprint density at radius 2 is 0.800 bits per heavy atom. The number of hydrogen-bond donors (Lipinski definition) is 2. The summed E-state index contributed by atoms with van der Waals surface area (Å²) in [7, 11) is 0. The molecule has 0 bridgehead atoms. The molecule has 0 aliphatic rings. The van der Waals surface area contributed by atoms with Gasteiger partial charge in [0, 0.05) is 25.7 Å². The molecule has 0 atom stereocenters. The average Bonchev–Trinajstić information content (AvgIpc) is 2.60. The van der Waals surface area contributed by atoms with Crippen molar-refractivity contribution in [3.63, 3.8) is 0 Å². The van der Waals surface area contributed by atoms with Crippen LogP contribution >= 0.6 is 0 Å². The van der Waals surface area contributed by atoms with Crippen LogP contribution in [0.25, 0.3) is 0 Å². The first-order valence-corrected chi connectivity index (χ1v) is 9.69. The number of carboxylic acid groups (broad SMARTS) is 2. The Bertz CT molecular complexity index is 544. The number of hydrogen-bond acceptors (Lipinski definition) is 8. The lowest BCUT2D eigenvalue weighted by atomic mass is 10.1. The van der Waals surface area contributed by atoms with Gasteiger partial charge in [-0.05, 0) is 27.7 Å². The van der Waals surface area contributed by atoms with Crippen LogP contribution in [0.3, 0.4) is 0 Å². The molecule has 10 heteroatoms. The van der Waals surface area contributed by atoms with E-state index in [1.165, 1.54) is 0 Å². The second kappa shape index (κ2) is 17.1. The van der Waals surface area contributed by atoms with Crippen LogP contribution in [0, 0.1) is 0 Å². The molecule has 30 heavy (non-hydrogen) atoms. The van der Waals surface area contributed by atoms with Gasteiger partial charge in [-0.1, -0.05) is 0 Å². The Kier molecular flexibility index (Phi) is 16.8. The van der Waals surface area contributed by atoms with Crippen molar-refractivity contribution in [1.82, 2.24) is 0 Å². The summed E-state index contributed by atoms with van der Waals surface area (Å²) >= 11 is 0. The zero-order valence-corrected chi connectivity index (χ0v) is 18.0. The summed E-state index contributed by atoms with van der Waals surface area (Å²) in [5.74, 6) is -3.31. The van der Waals surface area contributed by atoms with Gasteiger partial charge in [0.1, 0.15) is 11.6 Å². The number of rotatable bonds is 14. The maximum absolute atomic E-state index is 11.4. The second-order valence-corrected chi connectivity index (χ2v) is 6.94. The smallest absolute Gasteiger partial charge is 0.306 e. The minimum absolute atomic E-state index is 0.0657. The lowest BCUT2D eigenvalue weighted by molar-refractivity contribution is -0.149. The van der Waals surface area contributed by atoms with Crippen molar-refractivity contribution in [3.05, 3.63) is 0 Å². The summed E-state index contributed by atoms with van der Waals surface area (Å²) in [5.41, 5.74) is 0. The SMILES string of the molecule is CC(C)OC(=O)CCC(=O)CCC(=O)OC(C)C.O=C(O)CCC(=O)CCC(=O)O. The minimum Gasteiger partial charge on any atom is -0.481 e. The van der Waals surface area contributed by atoms with Crippen molar-refractivity contribution in [2.75, 3.05) is 0 Å². The van der Waals surface area contributed by atoms with Gasteiger partial charge in [-0.3, -0.25) is 28.8 Å².